The van der Waals surface area contributed by atoms with Gasteiger partial charge in [0.05, 0.1) is 5.88 Å². The summed E-state index contributed by atoms with van der Waals surface area (Å²) >= 11 is 5.82. The average Bonchev–Trinajstić information content (AvgIpc) is 2.72. The Hall–Kier alpha value is -0.520. The molecular formula is C12H21ClN2O2S. The monoisotopic (exact) mass is 292 g/mol. The summed E-state index contributed by atoms with van der Waals surface area (Å²) in [7, 11) is -3.42. The van der Waals surface area contributed by atoms with E-state index in [0.29, 0.717) is 23.9 Å². The molecule has 0 atom stereocenters. The molecule has 0 saturated carbocycles. The van der Waals surface area contributed by atoms with Crippen LogP contribution in [0.2, 0.25) is 0 Å². The lowest BCUT2D eigenvalue weighted by molar-refractivity contribution is 0.369. The van der Waals surface area contributed by atoms with Crippen molar-refractivity contribution >= 4 is 21.6 Å². The second kappa shape index (κ2) is 6.08. The molecule has 6 heteroatoms. The van der Waals surface area contributed by atoms with E-state index >= 15 is 0 Å². The first kappa shape index (κ1) is 15.5. The highest BCUT2D eigenvalue weighted by Gasteiger charge is 2.27. The molecule has 1 aromatic heterocycles. The van der Waals surface area contributed by atoms with E-state index in [1.54, 1.807) is 12.3 Å². The summed E-state index contributed by atoms with van der Waals surface area (Å²) in [5.74, 6) is 0.317. The van der Waals surface area contributed by atoms with E-state index in [-0.39, 0.29) is 6.04 Å². The van der Waals surface area contributed by atoms with Crippen LogP contribution in [0.25, 0.3) is 0 Å². The number of nitrogens with zero attached hydrogens (tertiary/aromatic N) is 2. The molecular weight excluding hydrogens is 272 g/mol. The van der Waals surface area contributed by atoms with Crippen LogP contribution in [0.1, 0.15) is 33.4 Å². The Labute approximate surface area is 115 Å². The average molecular weight is 293 g/mol. The molecule has 0 aliphatic carbocycles. The fourth-order valence-corrected chi connectivity index (χ4v) is 3.96. The number of sulfonamides is 1. The van der Waals surface area contributed by atoms with E-state index in [1.807, 2.05) is 32.3 Å². The molecule has 0 unspecified atom stereocenters. The number of halogens is 1. The highest BCUT2D eigenvalue weighted by molar-refractivity contribution is 7.89. The van der Waals surface area contributed by atoms with Crippen LogP contribution in [-0.2, 0) is 22.4 Å². The second-order valence-electron chi connectivity index (χ2n) is 4.39. The predicted molar refractivity (Wildman–Crippen MR) is 74.4 cm³/mol. The Morgan fingerprint density at radius 2 is 2.00 bits per heavy atom. The zero-order valence-electron chi connectivity index (χ0n) is 11.4. The van der Waals surface area contributed by atoms with Gasteiger partial charge in [0, 0.05) is 31.0 Å². The van der Waals surface area contributed by atoms with Crippen molar-refractivity contribution in [3.05, 3.63) is 18.0 Å². The van der Waals surface area contributed by atoms with E-state index in [2.05, 4.69) is 0 Å². The van der Waals surface area contributed by atoms with Crippen molar-refractivity contribution in [1.29, 1.82) is 0 Å². The van der Waals surface area contributed by atoms with E-state index in [9.17, 15) is 8.42 Å². The van der Waals surface area contributed by atoms with Gasteiger partial charge >= 0.3 is 0 Å². The van der Waals surface area contributed by atoms with E-state index in [4.69, 9.17) is 11.6 Å². The van der Waals surface area contributed by atoms with Gasteiger partial charge in [-0.1, -0.05) is 6.92 Å². The minimum atomic E-state index is -3.42. The second-order valence-corrected chi connectivity index (χ2v) is 6.55. The van der Waals surface area contributed by atoms with Crippen LogP contribution in [-0.4, -0.2) is 29.9 Å². The molecule has 1 aromatic rings. The maximum Gasteiger partial charge on any atom is 0.244 e. The molecule has 104 valence electrons. The first-order chi connectivity index (χ1) is 8.38. The topological polar surface area (TPSA) is 42.3 Å². The zero-order valence-corrected chi connectivity index (χ0v) is 12.9. The quantitative estimate of drug-likeness (QED) is 0.757. The van der Waals surface area contributed by atoms with Gasteiger partial charge in [0.2, 0.25) is 10.0 Å². The van der Waals surface area contributed by atoms with Crippen LogP contribution in [0.5, 0.6) is 0 Å². The Morgan fingerprint density at radius 3 is 2.33 bits per heavy atom. The van der Waals surface area contributed by atoms with Gasteiger partial charge in [0.25, 0.3) is 0 Å². The third-order valence-electron chi connectivity index (χ3n) is 2.93. The number of hydrogen-bond acceptors (Lipinski definition) is 2. The molecule has 0 aliphatic rings. The number of alkyl halides is 1. The van der Waals surface area contributed by atoms with Gasteiger partial charge in [-0.25, -0.2) is 8.42 Å². The molecule has 0 aliphatic heterocycles. The maximum absolute atomic E-state index is 12.5. The van der Waals surface area contributed by atoms with Crippen molar-refractivity contribution in [3.8, 4) is 0 Å². The van der Waals surface area contributed by atoms with Crippen LogP contribution < -0.4 is 0 Å². The largest absolute Gasteiger partial charge is 0.349 e. The Bertz CT molecular complexity index is 473. The Balaban J connectivity index is 3.23. The summed E-state index contributed by atoms with van der Waals surface area (Å²) in [6, 6.07) is 1.61. The number of hydrogen-bond donors (Lipinski definition) is 0. The highest BCUT2D eigenvalue weighted by Crippen LogP contribution is 2.21. The van der Waals surface area contributed by atoms with Gasteiger partial charge in [0.15, 0.2) is 0 Å². The van der Waals surface area contributed by atoms with Gasteiger partial charge in [0.1, 0.15) is 4.90 Å². The van der Waals surface area contributed by atoms with Crippen LogP contribution in [0.3, 0.4) is 0 Å². The van der Waals surface area contributed by atoms with E-state index < -0.39 is 10.0 Å². The summed E-state index contributed by atoms with van der Waals surface area (Å²) in [4.78, 5) is 0.329. The third kappa shape index (κ3) is 2.90. The SMILES string of the molecule is CCN(C(C)C)S(=O)(=O)c1cc(CCl)n(CC)c1. The van der Waals surface area contributed by atoms with Crippen LogP contribution in [0.15, 0.2) is 17.2 Å². The molecule has 0 amide bonds. The van der Waals surface area contributed by atoms with Crippen LogP contribution >= 0.6 is 11.6 Å². The molecule has 0 bridgehead atoms. The van der Waals surface area contributed by atoms with Crippen molar-refractivity contribution in [3.63, 3.8) is 0 Å². The molecule has 0 spiro atoms. The summed E-state index contributed by atoms with van der Waals surface area (Å²) in [5, 5.41) is 0. The van der Waals surface area contributed by atoms with Crippen LogP contribution in [0, 0.1) is 0 Å². The van der Waals surface area contributed by atoms with E-state index in [1.165, 1.54) is 4.31 Å². The van der Waals surface area contributed by atoms with Crippen LogP contribution in [0.4, 0.5) is 0 Å². The van der Waals surface area contributed by atoms with Gasteiger partial charge in [-0.2, -0.15) is 4.31 Å². The minimum absolute atomic E-state index is 0.0515. The van der Waals surface area contributed by atoms with Gasteiger partial charge in [-0.05, 0) is 26.8 Å². The Morgan fingerprint density at radius 1 is 1.39 bits per heavy atom. The lowest BCUT2D eigenvalue weighted by Crippen LogP contribution is -2.36. The molecule has 0 N–H and O–H groups in total. The fraction of sp³-hybridized carbons (Fsp3) is 0.667. The van der Waals surface area contributed by atoms with Gasteiger partial charge < -0.3 is 4.57 Å². The molecule has 4 nitrogen and oxygen atoms in total. The normalized spacial score (nSPS) is 12.6. The summed E-state index contributed by atoms with van der Waals surface area (Å²) in [5.41, 5.74) is 0.831. The number of aryl methyl sites for hydroxylation is 1. The van der Waals surface area contributed by atoms with Gasteiger partial charge in [-0.15, -0.1) is 11.6 Å². The number of rotatable bonds is 6. The fourth-order valence-electron chi connectivity index (χ4n) is 2.02. The predicted octanol–water partition coefficient (Wildman–Crippen LogP) is 2.67. The first-order valence-corrected chi connectivity index (χ1v) is 8.12. The maximum atomic E-state index is 12.5. The standard InChI is InChI=1S/C12H21ClN2O2S/c1-5-14-9-12(7-11(14)8-13)18(16,17)15(6-2)10(3)4/h7,9-10H,5-6,8H2,1-4H3. The minimum Gasteiger partial charge on any atom is -0.349 e. The van der Waals surface area contributed by atoms with Crippen molar-refractivity contribution in [1.82, 2.24) is 8.87 Å². The highest BCUT2D eigenvalue weighted by atomic mass is 35.5. The molecule has 0 fully saturated rings. The molecule has 18 heavy (non-hydrogen) atoms. The number of aromatic nitrogens is 1. The van der Waals surface area contributed by atoms with Crippen molar-refractivity contribution in [2.75, 3.05) is 6.54 Å². The summed E-state index contributed by atoms with van der Waals surface area (Å²) in [6.45, 7) is 8.74. The van der Waals surface area contributed by atoms with Crippen molar-refractivity contribution in [2.24, 2.45) is 0 Å². The third-order valence-corrected chi connectivity index (χ3v) is 5.32. The first-order valence-electron chi connectivity index (χ1n) is 6.15. The smallest absolute Gasteiger partial charge is 0.244 e. The van der Waals surface area contributed by atoms with Crippen molar-refractivity contribution < 1.29 is 8.42 Å². The molecule has 0 radical (unpaired) electrons. The molecule has 1 heterocycles. The lowest BCUT2D eigenvalue weighted by atomic mass is 10.4. The Kier molecular flexibility index (Phi) is 5.25. The van der Waals surface area contributed by atoms with E-state index in [0.717, 1.165) is 5.69 Å². The molecule has 1 rings (SSSR count). The molecule has 0 aromatic carbocycles. The van der Waals surface area contributed by atoms with Crippen molar-refractivity contribution in [2.45, 2.75) is 51.1 Å². The zero-order chi connectivity index (χ0) is 13.9. The molecule has 0 saturated heterocycles. The lowest BCUT2D eigenvalue weighted by Gasteiger charge is -2.23. The van der Waals surface area contributed by atoms with Gasteiger partial charge in [-0.3, -0.25) is 0 Å². The summed E-state index contributed by atoms with van der Waals surface area (Å²) in [6.07, 6.45) is 1.66. The summed E-state index contributed by atoms with van der Waals surface area (Å²) < 4.78 is 28.3.